The maximum absolute atomic E-state index is 3.75. The molecule has 2 fully saturated rings. The molecule has 2 bridgehead atoms. The van der Waals surface area contributed by atoms with Crippen LogP contribution in [0.1, 0.15) is 46.5 Å². The molecule has 2 saturated carbocycles. The van der Waals surface area contributed by atoms with Crippen molar-refractivity contribution < 1.29 is 0 Å². The van der Waals surface area contributed by atoms with Crippen molar-refractivity contribution in [2.24, 2.45) is 17.3 Å². The molecular formula is C12H23N. The van der Waals surface area contributed by atoms with Crippen LogP contribution in [0.2, 0.25) is 0 Å². The van der Waals surface area contributed by atoms with Crippen molar-refractivity contribution in [1.29, 1.82) is 0 Å². The molecule has 1 N–H and O–H groups in total. The highest BCUT2D eigenvalue weighted by atomic mass is 14.9. The van der Waals surface area contributed by atoms with Crippen LogP contribution in [0.5, 0.6) is 0 Å². The minimum atomic E-state index is 0.446. The molecule has 3 atom stereocenters. The maximum Gasteiger partial charge on any atom is 0.00982 e. The Morgan fingerprint density at radius 1 is 1.15 bits per heavy atom. The average Bonchev–Trinajstić information content (AvgIpc) is 2.58. The Morgan fingerprint density at radius 3 is 2.38 bits per heavy atom. The fraction of sp³-hybridized carbons (Fsp3) is 1.00. The van der Waals surface area contributed by atoms with Gasteiger partial charge in [-0.05, 0) is 36.5 Å². The summed E-state index contributed by atoms with van der Waals surface area (Å²) in [7, 11) is 0. The van der Waals surface area contributed by atoms with Gasteiger partial charge in [-0.15, -0.1) is 0 Å². The smallest absolute Gasteiger partial charge is 0.00982 e. The molecule has 0 aromatic carbocycles. The fourth-order valence-electron chi connectivity index (χ4n) is 2.93. The third kappa shape index (κ3) is 2.25. The first-order chi connectivity index (χ1) is 6.04. The maximum atomic E-state index is 3.75. The fourth-order valence-corrected chi connectivity index (χ4v) is 2.93. The SMILES string of the molecule is CC(C)(C)CNC1CC2CCC1C2. The van der Waals surface area contributed by atoms with Gasteiger partial charge in [-0.25, -0.2) is 0 Å². The van der Waals surface area contributed by atoms with Crippen LogP contribution in [0.15, 0.2) is 0 Å². The van der Waals surface area contributed by atoms with Crippen LogP contribution in [-0.2, 0) is 0 Å². The molecule has 0 radical (unpaired) electrons. The van der Waals surface area contributed by atoms with Gasteiger partial charge >= 0.3 is 0 Å². The zero-order valence-electron chi connectivity index (χ0n) is 9.27. The Hall–Kier alpha value is -0.0400. The molecule has 1 nitrogen and oxygen atoms in total. The molecule has 0 aromatic heterocycles. The van der Waals surface area contributed by atoms with E-state index in [9.17, 15) is 0 Å². The predicted molar refractivity (Wildman–Crippen MR) is 56.7 cm³/mol. The summed E-state index contributed by atoms with van der Waals surface area (Å²) in [5, 5.41) is 3.75. The molecule has 0 spiro atoms. The van der Waals surface area contributed by atoms with Crippen LogP contribution in [0, 0.1) is 17.3 Å². The largest absolute Gasteiger partial charge is 0.313 e. The normalized spacial score (nSPS) is 38.5. The van der Waals surface area contributed by atoms with E-state index in [2.05, 4.69) is 26.1 Å². The third-order valence-electron chi connectivity index (χ3n) is 3.63. The highest BCUT2D eigenvalue weighted by Crippen LogP contribution is 2.44. The molecule has 1 heteroatoms. The van der Waals surface area contributed by atoms with Crippen molar-refractivity contribution >= 4 is 0 Å². The van der Waals surface area contributed by atoms with Crippen molar-refractivity contribution in [3.8, 4) is 0 Å². The van der Waals surface area contributed by atoms with Crippen LogP contribution < -0.4 is 5.32 Å². The number of nitrogens with one attached hydrogen (secondary N) is 1. The molecule has 13 heavy (non-hydrogen) atoms. The number of hydrogen-bond donors (Lipinski definition) is 1. The molecule has 0 aliphatic heterocycles. The topological polar surface area (TPSA) is 12.0 Å². The quantitative estimate of drug-likeness (QED) is 0.690. The van der Waals surface area contributed by atoms with Gasteiger partial charge in [0, 0.05) is 12.6 Å². The Labute approximate surface area is 82.3 Å². The summed E-state index contributed by atoms with van der Waals surface area (Å²) < 4.78 is 0. The molecule has 2 aliphatic carbocycles. The second-order valence-electron chi connectivity index (χ2n) is 6.22. The molecule has 2 aliphatic rings. The molecule has 0 amide bonds. The van der Waals surface area contributed by atoms with E-state index in [0.29, 0.717) is 5.41 Å². The lowest BCUT2D eigenvalue weighted by atomic mass is 9.92. The third-order valence-corrected chi connectivity index (χ3v) is 3.63. The standard InChI is InChI=1S/C12H23N/c1-12(2,3)8-13-11-7-9-4-5-10(11)6-9/h9-11,13H,4-8H2,1-3H3. The van der Waals surface area contributed by atoms with E-state index in [1.165, 1.54) is 32.2 Å². The average molecular weight is 181 g/mol. The second kappa shape index (κ2) is 3.27. The summed E-state index contributed by atoms with van der Waals surface area (Å²) in [6, 6.07) is 0.859. The number of rotatable bonds is 2. The minimum absolute atomic E-state index is 0.446. The zero-order chi connectivity index (χ0) is 9.47. The monoisotopic (exact) mass is 181 g/mol. The second-order valence-corrected chi connectivity index (χ2v) is 6.22. The van der Waals surface area contributed by atoms with Crippen LogP contribution in [0.3, 0.4) is 0 Å². The first-order valence-electron chi connectivity index (χ1n) is 5.78. The molecule has 0 heterocycles. The Kier molecular flexibility index (Phi) is 2.39. The highest BCUT2D eigenvalue weighted by Gasteiger charge is 2.39. The van der Waals surface area contributed by atoms with Gasteiger partial charge in [0.25, 0.3) is 0 Å². The van der Waals surface area contributed by atoms with E-state index in [1.54, 1.807) is 0 Å². The summed E-state index contributed by atoms with van der Waals surface area (Å²) in [4.78, 5) is 0. The Balaban J connectivity index is 1.78. The molecule has 3 unspecified atom stereocenters. The van der Waals surface area contributed by atoms with Gasteiger partial charge < -0.3 is 5.32 Å². The first-order valence-corrected chi connectivity index (χ1v) is 5.78. The van der Waals surface area contributed by atoms with E-state index < -0.39 is 0 Å². The summed E-state index contributed by atoms with van der Waals surface area (Å²) in [6.07, 6.45) is 5.98. The van der Waals surface area contributed by atoms with E-state index in [0.717, 1.165) is 17.9 Å². The van der Waals surface area contributed by atoms with Crippen molar-refractivity contribution in [1.82, 2.24) is 5.32 Å². The van der Waals surface area contributed by atoms with Crippen molar-refractivity contribution in [2.45, 2.75) is 52.5 Å². The molecule has 2 rings (SSSR count). The summed E-state index contributed by atoms with van der Waals surface area (Å²) in [5.74, 6) is 2.09. The van der Waals surface area contributed by atoms with Gasteiger partial charge in [0.05, 0.1) is 0 Å². The number of fused-ring (bicyclic) bond motifs is 2. The molecule has 76 valence electrons. The van der Waals surface area contributed by atoms with Gasteiger partial charge in [0.1, 0.15) is 0 Å². The lowest BCUT2D eigenvalue weighted by molar-refractivity contribution is 0.295. The van der Waals surface area contributed by atoms with E-state index in [1.807, 2.05) is 0 Å². The van der Waals surface area contributed by atoms with E-state index in [-0.39, 0.29) is 0 Å². The lowest BCUT2D eigenvalue weighted by Gasteiger charge is -2.27. The Morgan fingerprint density at radius 2 is 1.92 bits per heavy atom. The first kappa shape index (κ1) is 9.51. The molecular weight excluding hydrogens is 158 g/mol. The van der Waals surface area contributed by atoms with Gasteiger partial charge in [0.2, 0.25) is 0 Å². The summed E-state index contributed by atoms with van der Waals surface area (Å²) in [6.45, 7) is 8.12. The van der Waals surface area contributed by atoms with Crippen molar-refractivity contribution in [3.05, 3.63) is 0 Å². The summed E-state index contributed by atoms with van der Waals surface area (Å²) in [5.41, 5.74) is 0.446. The van der Waals surface area contributed by atoms with Gasteiger partial charge in [-0.1, -0.05) is 27.2 Å². The van der Waals surface area contributed by atoms with Crippen LogP contribution in [0.25, 0.3) is 0 Å². The zero-order valence-corrected chi connectivity index (χ0v) is 9.27. The predicted octanol–water partition coefficient (Wildman–Crippen LogP) is 2.81. The lowest BCUT2D eigenvalue weighted by Crippen LogP contribution is -2.38. The van der Waals surface area contributed by atoms with E-state index >= 15 is 0 Å². The number of hydrogen-bond acceptors (Lipinski definition) is 1. The molecule has 0 saturated heterocycles. The van der Waals surface area contributed by atoms with Crippen LogP contribution in [-0.4, -0.2) is 12.6 Å². The minimum Gasteiger partial charge on any atom is -0.313 e. The van der Waals surface area contributed by atoms with Crippen LogP contribution in [0.4, 0.5) is 0 Å². The van der Waals surface area contributed by atoms with E-state index in [4.69, 9.17) is 0 Å². The van der Waals surface area contributed by atoms with Gasteiger partial charge in [-0.2, -0.15) is 0 Å². The van der Waals surface area contributed by atoms with Crippen LogP contribution >= 0.6 is 0 Å². The highest BCUT2D eigenvalue weighted by molar-refractivity contribution is 4.94. The summed E-state index contributed by atoms with van der Waals surface area (Å²) >= 11 is 0. The Bertz CT molecular complexity index is 180. The van der Waals surface area contributed by atoms with Crippen molar-refractivity contribution in [2.75, 3.05) is 6.54 Å². The van der Waals surface area contributed by atoms with Gasteiger partial charge in [0.15, 0.2) is 0 Å². The van der Waals surface area contributed by atoms with Gasteiger partial charge in [-0.3, -0.25) is 0 Å². The molecule has 0 aromatic rings. The van der Waals surface area contributed by atoms with Crippen molar-refractivity contribution in [3.63, 3.8) is 0 Å².